The van der Waals surface area contributed by atoms with Gasteiger partial charge in [0, 0.05) is 24.2 Å². The molecule has 0 saturated heterocycles. The Hall–Kier alpha value is -3.03. The van der Waals surface area contributed by atoms with Crippen LogP contribution >= 0.6 is 0 Å². The third-order valence-electron chi connectivity index (χ3n) is 3.79. The van der Waals surface area contributed by atoms with Gasteiger partial charge in [0.15, 0.2) is 23.0 Å². The Labute approximate surface area is 168 Å². The molecule has 156 valence electrons. The van der Waals surface area contributed by atoms with Gasteiger partial charge < -0.3 is 9.47 Å². The molecule has 0 atom stereocenters. The maximum absolute atomic E-state index is 13.9. The number of carbonyl (C=O) groups excluding carboxylic acids is 2. The third-order valence-corrected chi connectivity index (χ3v) is 3.79. The van der Waals surface area contributed by atoms with Crippen molar-refractivity contribution in [2.24, 2.45) is 0 Å². The molecule has 1 N–H and O–H groups in total. The molecule has 6 nitrogen and oxygen atoms in total. The number of amides is 1. The van der Waals surface area contributed by atoms with Gasteiger partial charge in [-0.3, -0.25) is 10.1 Å². The van der Waals surface area contributed by atoms with Crippen LogP contribution in [0.1, 0.15) is 40.2 Å². The number of anilines is 1. The van der Waals surface area contributed by atoms with E-state index >= 15 is 0 Å². The predicted octanol–water partition coefficient (Wildman–Crippen LogP) is 4.68. The quantitative estimate of drug-likeness (QED) is 0.754. The molecule has 0 aliphatic carbocycles. The van der Waals surface area contributed by atoms with E-state index in [1.807, 2.05) is 0 Å². The highest BCUT2D eigenvalue weighted by Gasteiger charge is 2.31. The van der Waals surface area contributed by atoms with Gasteiger partial charge in [-0.1, -0.05) is 6.07 Å². The number of carbonyl (C=O) groups is 2. The number of halogens is 2. The fourth-order valence-corrected chi connectivity index (χ4v) is 2.37. The van der Waals surface area contributed by atoms with Crippen LogP contribution < -0.4 is 10.1 Å². The SMILES string of the molecule is CC(C)(C)OC(=O)Nc1ncccc1CC(=O)C(C)(C)Oc1ccc(F)cc1F. The number of hydrogen-bond donors (Lipinski definition) is 1. The summed E-state index contributed by atoms with van der Waals surface area (Å²) in [6, 6.07) is 6.10. The molecule has 0 radical (unpaired) electrons. The van der Waals surface area contributed by atoms with Gasteiger partial charge in [-0.15, -0.1) is 0 Å². The monoisotopic (exact) mass is 406 g/mol. The number of benzene rings is 1. The molecule has 0 fully saturated rings. The first-order valence-electron chi connectivity index (χ1n) is 8.98. The number of aromatic nitrogens is 1. The van der Waals surface area contributed by atoms with Crippen molar-refractivity contribution in [3.63, 3.8) is 0 Å². The van der Waals surface area contributed by atoms with Crippen molar-refractivity contribution in [2.45, 2.75) is 52.2 Å². The van der Waals surface area contributed by atoms with Crippen molar-refractivity contribution in [2.75, 3.05) is 5.32 Å². The van der Waals surface area contributed by atoms with E-state index in [4.69, 9.17) is 9.47 Å². The molecule has 1 aromatic carbocycles. The minimum absolute atomic E-state index is 0.130. The van der Waals surface area contributed by atoms with Gasteiger partial charge in [0.05, 0.1) is 0 Å². The number of hydrogen-bond acceptors (Lipinski definition) is 5. The molecule has 0 unspecified atom stereocenters. The van der Waals surface area contributed by atoms with Crippen molar-refractivity contribution in [1.82, 2.24) is 4.98 Å². The highest BCUT2D eigenvalue weighted by molar-refractivity contribution is 5.91. The van der Waals surface area contributed by atoms with Gasteiger partial charge in [-0.25, -0.2) is 18.6 Å². The van der Waals surface area contributed by atoms with Crippen LogP contribution in [-0.4, -0.2) is 28.1 Å². The summed E-state index contributed by atoms with van der Waals surface area (Å²) in [7, 11) is 0. The summed E-state index contributed by atoms with van der Waals surface area (Å²) in [5.41, 5.74) is -1.65. The third kappa shape index (κ3) is 6.51. The first-order chi connectivity index (χ1) is 13.4. The lowest BCUT2D eigenvalue weighted by molar-refractivity contribution is -0.131. The minimum Gasteiger partial charge on any atom is -0.477 e. The van der Waals surface area contributed by atoms with Crippen molar-refractivity contribution >= 4 is 17.7 Å². The summed E-state index contributed by atoms with van der Waals surface area (Å²) in [6.45, 7) is 8.14. The van der Waals surface area contributed by atoms with E-state index < -0.39 is 28.9 Å². The Bertz CT molecular complexity index is 908. The molecule has 2 rings (SSSR count). The van der Waals surface area contributed by atoms with E-state index in [0.717, 1.165) is 12.1 Å². The van der Waals surface area contributed by atoms with E-state index in [0.29, 0.717) is 11.6 Å². The van der Waals surface area contributed by atoms with Gasteiger partial charge in [-0.2, -0.15) is 0 Å². The van der Waals surface area contributed by atoms with Crippen molar-refractivity contribution in [3.8, 4) is 5.75 Å². The topological polar surface area (TPSA) is 77.5 Å². The van der Waals surface area contributed by atoms with Crippen molar-refractivity contribution in [1.29, 1.82) is 0 Å². The number of ketones is 1. The van der Waals surface area contributed by atoms with Crippen LogP contribution in [0.5, 0.6) is 5.75 Å². The number of Topliss-reactive ketones (excluding diaryl/α,β-unsaturated/α-hetero) is 1. The normalized spacial score (nSPS) is 11.7. The van der Waals surface area contributed by atoms with Crippen LogP contribution in [0.3, 0.4) is 0 Å². The van der Waals surface area contributed by atoms with Crippen LogP contribution in [0.15, 0.2) is 36.5 Å². The molecule has 0 aliphatic heterocycles. The molecule has 8 heteroatoms. The summed E-state index contributed by atoms with van der Waals surface area (Å²) >= 11 is 0. The lowest BCUT2D eigenvalue weighted by atomic mass is 9.97. The van der Waals surface area contributed by atoms with E-state index in [1.165, 1.54) is 20.0 Å². The smallest absolute Gasteiger partial charge is 0.413 e. The van der Waals surface area contributed by atoms with Gasteiger partial charge in [-0.05, 0) is 52.8 Å². The molecule has 1 aromatic heterocycles. The van der Waals surface area contributed by atoms with Gasteiger partial charge in [0.25, 0.3) is 0 Å². The largest absolute Gasteiger partial charge is 0.477 e. The van der Waals surface area contributed by atoms with Crippen LogP contribution in [0.25, 0.3) is 0 Å². The molecular formula is C21H24F2N2O4. The summed E-state index contributed by atoms with van der Waals surface area (Å²) in [6.07, 6.45) is 0.638. The highest BCUT2D eigenvalue weighted by Crippen LogP contribution is 2.25. The zero-order chi connectivity index (χ0) is 21.8. The highest BCUT2D eigenvalue weighted by atomic mass is 19.1. The van der Waals surface area contributed by atoms with Crippen LogP contribution in [0.2, 0.25) is 0 Å². The Kier molecular flexibility index (Phi) is 6.56. The standard InChI is InChI=1S/C21H24F2N2O4/c1-20(2,3)29-19(27)25-18-13(7-6-10-24-18)11-17(26)21(4,5)28-16-9-8-14(22)12-15(16)23/h6-10,12H,11H2,1-5H3,(H,24,25,27). The number of nitrogens with one attached hydrogen (secondary N) is 1. The molecule has 0 saturated carbocycles. The fraction of sp³-hybridized carbons (Fsp3) is 0.381. The molecule has 29 heavy (non-hydrogen) atoms. The van der Waals surface area contributed by atoms with Gasteiger partial charge in [0.2, 0.25) is 0 Å². The van der Waals surface area contributed by atoms with Crippen molar-refractivity contribution in [3.05, 3.63) is 53.7 Å². The summed E-state index contributed by atoms with van der Waals surface area (Å²) in [5.74, 6) is -2.09. The molecule has 0 bridgehead atoms. The second kappa shape index (κ2) is 8.55. The second-order valence-electron chi connectivity index (χ2n) is 7.93. The molecule has 0 spiro atoms. The van der Waals surface area contributed by atoms with Crippen molar-refractivity contribution < 1.29 is 27.8 Å². The maximum Gasteiger partial charge on any atom is 0.413 e. The maximum atomic E-state index is 13.9. The Morgan fingerprint density at radius 3 is 2.41 bits per heavy atom. The second-order valence-corrected chi connectivity index (χ2v) is 7.93. The van der Waals surface area contributed by atoms with Gasteiger partial charge >= 0.3 is 6.09 Å². The molecule has 1 heterocycles. The van der Waals surface area contributed by atoms with E-state index in [9.17, 15) is 18.4 Å². The Morgan fingerprint density at radius 1 is 1.10 bits per heavy atom. The summed E-state index contributed by atoms with van der Waals surface area (Å²) < 4.78 is 37.6. The van der Waals surface area contributed by atoms with E-state index in [-0.39, 0.29) is 23.8 Å². The van der Waals surface area contributed by atoms with Crippen LogP contribution in [0.4, 0.5) is 19.4 Å². The average Bonchev–Trinajstić information content (AvgIpc) is 2.57. The first-order valence-corrected chi connectivity index (χ1v) is 8.98. The molecular weight excluding hydrogens is 382 g/mol. The first kappa shape index (κ1) is 22.3. The predicted molar refractivity (Wildman–Crippen MR) is 104 cm³/mol. The molecule has 0 aliphatic rings. The number of rotatable bonds is 6. The van der Waals surface area contributed by atoms with Crippen LogP contribution in [-0.2, 0) is 16.0 Å². The summed E-state index contributed by atoms with van der Waals surface area (Å²) in [5, 5.41) is 2.52. The lowest BCUT2D eigenvalue weighted by Crippen LogP contribution is -2.39. The number of nitrogens with zero attached hydrogens (tertiary/aromatic N) is 1. The average molecular weight is 406 g/mol. The lowest BCUT2D eigenvalue weighted by Gasteiger charge is -2.25. The number of pyridine rings is 1. The van der Waals surface area contributed by atoms with Gasteiger partial charge in [0.1, 0.15) is 17.2 Å². The summed E-state index contributed by atoms with van der Waals surface area (Å²) in [4.78, 5) is 28.9. The zero-order valence-electron chi connectivity index (χ0n) is 17.0. The molecule has 1 amide bonds. The Morgan fingerprint density at radius 2 is 1.79 bits per heavy atom. The van der Waals surface area contributed by atoms with E-state index in [1.54, 1.807) is 32.9 Å². The fourth-order valence-electron chi connectivity index (χ4n) is 2.37. The minimum atomic E-state index is -1.41. The number of ether oxygens (including phenoxy) is 2. The zero-order valence-corrected chi connectivity index (χ0v) is 17.0. The molecule has 2 aromatic rings. The van der Waals surface area contributed by atoms with Crippen LogP contribution in [0, 0.1) is 11.6 Å². The van der Waals surface area contributed by atoms with E-state index in [2.05, 4.69) is 10.3 Å². The Balaban J connectivity index is 2.14.